The predicted octanol–water partition coefficient (Wildman–Crippen LogP) is 4.33. The third-order valence-corrected chi connectivity index (χ3v) is 4.93. The zero-order chi connectivity index (χ0) is 24.8. The highest BCUT2D eigenvalue weighted by molar-refractivity contribution is 6.06. The maximum absolute atomic E-state index is 13.1. The van der Waals surface area contributed by atoms with Crippen LogP contribution in [-0.4, -0.2) is 41.7 Å². The van der Waals surface area contributed by atoms with Crippen LogP contribution in [0.4, 0.5) is 5.69 Å². The zero-order valence-corrected chi connectivity index (χ0v) is 20.3. The first-order valence-electron chi connectivity index (χ1n) is 11.0. The van der Waals surface area contributed by atoms with Gasteiger partial charge in [-0.05, 0) is 50.6 Å². The van der Waals surface area contributed by atoms with Crippen LogP contribution in [0.2, 0.25) is 0 Å². The van der Waals surface area contributed by atoms with Crippen molar-refractivity contribution in [1.82, 2.24) is 15.5 Å². The Labute approximate surface area is 198 Å². The average molecular weight is 467 g/mol. The van der Waals surface area contributed by atoms with Gasteiger partial charge in [0.2, 0.25) is 0 Å². The van der Waals surface area contributed by atoms with Crippen molar-refractivity contribution in [3.63, 3.8) is 0 Å². The van der Waals surface area contributed by atoms with E-state index >= 15 is 0 Å². The topological polar surface area (TPSA) is 116 Å². The Morgan fingerprint density at radius 1 is 1.09 bits per heavy atom. The standard InChI is InChI=1S/C25H30N4O5/c1-14(2)23-28-25(34-29-23)18-9-7-8-16(5)22(18)27-24(31)17-10-11-19(20(12-17)32-6)33-13-21(30)26-15(3)4/h7-12,14-15H,13H2,1-6H3,(H,26,30)(H,27,31). The highest BCUT2D eigenvalue weighted by Crippen LogP contribution is 2.32. The van der Waals surface area contributed by atoms with Gasteiger partial charge in [-0.25, -0.2) is 0 Å². The van der Waals surface area contributed by atoms with Crippen molar-refractivity contribution in [2.75, 3.05) is 19.0 Å². The maximum atomic E-state index is 13.1. The van der Waals surface area contributed by atoms with E-state index in [0.717, 1.165) is 5.56 Å². The monoisotopic (exact) mass is 466 g/mol. The Morgan fingerprint density at radius 2 is 1.85 bits per heavy atom. The Balaban J connectivity index is 1.81. The van der Waals surface area contributed by atoms with Crippen molar-refractivity contribution in [1.29, 1.82) is 0 Å². The number of nitrogens with zero attached hydrogens (tertiary/aromatic N) is 2. The van der Waals surface area contributed by atoms with E-state index in [4.69, 9.17) is 14.0 Å². The van der Waals surface area contributed by atoms with E-state index < -0.39 is 0 Å². The second-order valence-corrected chi connectivity index (χ2v) is 8.44. The second-order valence-electron chi connectivity index (χ2n) is 8.44. The van der Waals surface area contributed by atoms with Gasteiger partial charge in [-0.2, -0.15) is 4.98 Å². The van der Waals surface area contributed by atoms with Gasteiger partial charge in [0.15, 0.2) is 23.9 Å². The largest absolute Gasteiger partial charge is 0.493 e. The smallest absolute Gasteiger partial charge is 0.260 e. The number of aromatic nitrogens is 2. The molecule has 0 atom stereocenters. The predicted molar refractivity (Wildman–Crippen MR) is 128 cm³/mol. The van der Waals surface area contributed by atoms with Gasteiger partial charge in [0.1, 0.15) is 0 Å². The Bertz CT molecular complexity index is 1170. The van der Waals surface area contributed by atoms with Gasteiger partial charge < -0.3 is 24.6 Å². The van der Waals surface area contributed by atoms with Crippen LogP contribution in [0.1, 0.15) is 55.4 Å². The number of nitrogens with one attached hydrogen (secondary N) is 2. The molecule has 0 saturated carbocycles. The minimum Gasteiger partial charge on any atom is -0.493 e. The van der Waals surface area contributed by atoms with E-state index in [9.17, 15) is 9.59 Å². The zero-order valence-electron chi connectivity index (χ0n) is 20.3. The molecule has 2 N–H and O–H groups in total. The highest BCUT2D eigenvalue weighted by atomic mass is 16.5. The molecule has 0 radical (unpaired) electrons. The Morgan fingerprint density at radius 3 is 2.50 bits per heavy atom. The summed E-state index contributed by atoms with van der Waals surface area (Å²) in [6, 6.07) is 10.4. The first-order chi connectivity index (χ1) is 16.2. The van der Waals surface area contributed by atoms with Gasteiger partial charge in [-0.3, -0.25) is 9.59 Å². The molecule has 3 rings (SSSR count). The fraction of sp³-hybridized carbons (Fsp3) is 0.360. The molecule has 0 spiro atoms. The van der Waals surface area contributed by atoms with Crippen LogP contribution < -0.4 is 20.1 Å². The molecular formula is C25H30N4O5. The van der Waals surface area contributed by atoms with E-state index in [1.165, 1.54) is 7.11 Å². The molecule has 0 unspecified atom stereocenters. The van der Waals surface area contributed by atoms with E-state index in [-0.39, 0.29) is 30.4 Å². The van der Waals surface area contributed by atoms with E-state index in [1.807, 2.05) is 52.8 Å². The number of carbonyl (C=O) groups is 2. The molecule has 0 aliphatic carbocycles. The molecule has 2 amide bonds. The van der Waals surface area contributed by atoms with Crippen LogP contribution in [0.5, 0.6) is 11.5 Å². The molecule has 1 aromatic heterocycles. The third-order valence-electron chi connectivity index (χ3n) is 4.93. The molecule has 34 heavy (non-hydrogen) atoms. The third kappa shape index (κ3) is 5.92. The van der Waals surface area contributed by atoms with Gasteiger partial charge in [-0.15, -0.1) is 0 Å². The summed E-state index contributed by atoms with van der Waals surface area (Å²) < 4.78 is 16.4. The van der Waals surface area contributed by atoms with Crippen molar-refractivity contribution in [3.8, 4) is 23.0 Å². The van der Waals surface area contributed by atoms with Crippen LogP contribution in [-0.2, 0) is 4.79 Å². The first-order valence-corrected chi connectivity index (χ1v) is 11.0. The quantitative estimate of drug-likeness (QED) is 0.482. The molecule has 180 valence electrons. The minimum absolute atomic E-state index is 0.0134. The molecule has 9 heteroatoms. The van der Waals surface area contributed by atoms with Crippen LogP contribution >= 0.6 is 0 Å². The molecule has 3 aromatic rings. The minimum atomic E-state index is -0.346. The number of rotatable bonds is 9. The van der Waals surface area contributed by atoms with Crippen molar-refractivity contribution < 1.29 is 23.6 Å². The number of hydrogen-bond donors (Lipinski definition) is 2. The lowest BCUT2D eigenvalue weighted by atomic mass is 10.1. The molecule has 0 fully saturated rings. The number of hydrogen-bond acceptors (Lipinski definition) is 7. The second kappa shape index (κ2) is 10.8. The van der Waals surface area contributed by atoms with Crippen molar-refractivity contribution in [2.24, 2.45) is 0 Å². The number of methoxy groups -OCH3 is 1. The van der Waals surface area contributed by atoms with Gasteiger partial charge in [0.05, 0.1) is 18.4 Å². The Hall–Kier alpha value is -3.88. The molecule has 0 saturated heterocycles. The summed E-state index contributed by atoms with van der Waals surface area (Å²) >= 11 is 0. The van der Waals surface area contributed by atoms with E-state index in [0.29, 0.717) is 40.0 Å². The summed E-state index contributed by atoms with van der Waals surface area (Å²) in [5, 5.41) is 9.72. The lowest BCUT2D eigenvalue weighted by Crippen LogP contribution is -2.34. The van der Waals surface area contributed by atoms with Crippen LogP contribution in [0, 0.1) is 6.92 Å². The van der Waals surface area contributed by atoms with Crippen LogP contribution in [0.3, 0.4) is 0 Å². The van der Waals surface area contributed by atoms with Crippen molar-refractivity contribution >= 4 is 17.5 Å². The van der Waals surface area contributed by atoms with Gasteiger partial charge >= 0.3 is 0 Å². The summed E-state index contributed by atoms with van der Waals surface area (Å²) in [4.78, 5) is 29.4. The van der Waals surface area contributed by atoms with E-state index in [1.54, 1.807) is 18.2 Å². The fourth-order valence-electron chi connectivity index (χ4n) is 3.21. The number of para-hydroxylation sites is 1. The highest BCUT2D eigenvalue weighted by Gasteiger charge is 2.19. The first kappa shape index (κ1) is 24.8. The fourth-order valence-corrected chi connectivity index (χ4v) is 3.21. The summed E-state index contributed by atoms with van der Waals surface area (Å²) in [7, 11) is 1.47. The molecule has 2 aromatic carbocycles. The van der Waals surface area contributed by atoms with Gasteiger partial charge in [0, 0.05) is 17.5 Å². The molecule has 9 nitrogen and oxygen atoms in total. The lowest BCUT2D eigenvalue weighted by molar-refractivity contribution is -0.123. The molecule has 0 bridgehead atoms. The normalized spacial score (nSPS) is 10.9. The number of amides is 2. The van der Waals surface area contributed by atoms with Gasteiger partial charge in [-0.1, -0.05) is 31.1 Å². The summed E-state index contributed by atoms with van der Waals surface area (Å²) in [6.07, 6.45) is 0. The summed E-state index contributed by atoms with van der Waals surface area (Å²) in [5.41, 5.74) is 2.42. The lowest BCUT2D eigenvalue weighted by Gasteiger charge is -2.14. The maximum Gasteiger partial charge on any atom is 0.260 e. The van der Waals surface area contributed by atoms with Crippen LogP contribution in [0.15, 0.2) is 40.9 Å². The van der Waals surface area contributed by atoms with Crippen molar-refractivity contribution in [2.45, 2.75) is 46.6 Å². The van der Waals surface area contributed by atoms with Crippen molar-refractivity contribution in [3.05, 3.63) is 53.3 Å². The number of aryl methyl sites for hydroxylation is 1. The van der Waals surface area contributed by atoms with Crippen LogP contribution in [0.25, 0.3) is 11.5 Å². The van der Waals surface area contributed by atoms with E-state index in [2.05, 4.69) is 20.8 Å². The summed E-state index contributed by atoms with van der Waals surface area (Å²) in [5.74, 6) is 1.16. The number of benzene rings is 2. The average Bonchev–Trinajstić information content (AvgIpc) is 3.29. The SMILES string of the molecule is COc1cc(C(=O)Nc2c(C)cccc2-c2nc(C(C)C)no2)ccc1OCC(=O)NC(C)C. The molecule has 1 heterocycles. The molecule has 0 aliphatic heterocycles. The molecule has 0 aliphatic rings. The molecular weight excluding hydrogens is 436 g/mol. The van der Waals surface area contributed by atoms with Gasteiger partial charge in [0.25, 0.3) is 17.7 Å². The Kier molecular flexibility index (Phi) is 7.88. The number of ether oxygens (including phenoxy) is 2. The number of carbonyl (C=O) groups excluding carboxylic acids is 2. The summed E-state index contributed by atoms with van der Waals surface area (Å²) in [6.45, 7) is 9.42. The number of anilines is 1.